The van der Waals surface area contributed by atoms with Gasteiger partial charge in [-0.3, -0.25) is 14.4 Å². The fourth-order valence-electron chi connectivity index (χ4n) is 3.57. The lowest BCUT2D eigenvalue weighted by atomic mass is 10.0. The van der Waals surface area contributed by atoms with Crippen LogP contribution in [0, 0.1) is 0 Å². The van der Waals surface area contributed by atoms with E-state index in [2.05, 4.69) is 10.6 Å². The van der Waals surface area contributed by atoms with E-state index in [1.165, 1.54) is 0 Å². The molecule has 212 valence electrons. The number of ketones is 1. The predicted octanol–water partition coefficient (Wildman–Crippen LogP) is 0.0727. The summed E-state index contributed by atoms with van der Waals surface area (Å²) >= 11 is 0. The van der Waals surface area contributed by atoms with Gasteiger partial charge in [-0.1, -0.05) is 12.8 Å². The molecule has 36 heavy (non-hydrogen) atoms. The normalized spacial score (nSPS) is 13.7. The molecule has 0 aromatic carbocycles. The second-order valence-corrected chi connectivity index (χ2v) is 9.01. The summed E-state index contributed by atoms with van der Waals surface area (Å²) in [5, 5.41) is 5.67. The first-order valence-electron chi connectivity index (χ1n) is 13.5. The minimum Gasteiger partial charge on any atom is -0.379 e. The zero-order valence-electron chi connectivity index (χ0n) is 22.3. The van der Waals surface area contributed by atoms with E-state index < -0.39 is 18.1 Å². The van der Waals surface area contributed by atoms with Crippen LogP contribution in [0.1, 0.15) is 77.6 Å². The van der Waals surface area contributed by atoms with Crippen LogP contribution in [0.25, 0.3) is 0 Å². The summed E-state index contributed by atoms with van der Waals surface area (Å²) in [7, 11) is 0. The maximum absolute atomic E-state index is 12.8. The average molecular weight is 517 g/mol. The highest BCUT2D eigenvalue weighted by Gasteiger charge is 2.23. The van der Waals surface area contributed by atoms with E-state index >= 15 is 0 Å². The molecule has 10 N–H and O–H groups in total. The molecule has 0 aliphatic carbocycles. The summed E-state index contributed by atoms with van der Waals surface area (Å²) in [5.41, 5.74) is 22.9. The molecule has 11 heteroatoms. The van der Waals surface area contributed by atoms with E-state index in [0.29, 0.717) is 91.0 Å². The summed E-state index contributed by atoms with van der Waals surface area (Å²) in [6.07, 6.45) is 7.03. The Morgan fingerprint density at radius 1 is 0.722 bits per heavy atom. The summed E-state index contributed by atoms with van der Waals surface area (Å²) in [4.78, 5) is 37.5. The fraction of sp³-hybridized carbons (Fsp3) is 0.880. The van der Waals surface area contributed by atoms with Crippen LogP contribution < -0.4 is 33.6 Å². The van der Waals surface area contributed by atoms with Gasteiger partial charge < -0.3 is 43.0 Å². The van der Waals surface area contributed by atoms with Crippen LogP contribution in [0.15, 0.2) is 0 Å². The molecule has 0 heterocycles. The third kappa shape index (κ3) is 18.6. The molecule has 0 aliphatic heterocycles. The second kappa shape index (κ2) is 23.7. The fourth-order valence-corrected chi connectivity index (χ4v) is 3.57. The van der Waals surface area contributed by atoms with E-state index in [1.54, 1.807) is 0 Å². The zero-order chi connectivity index (χ0) is 27.0. The molecule has 0 bridgehead atoms. The number of hydrogen-bond acceptors (Lipinski definition) is 9. The smallest absolute Gasteiger partial charge is 0.237 e. The first kappa shape index (κ1) is 34.4. The van der Waals surface area contributed by atoms with E-state index in [4.69, 9.17) is 32.4 Å². The lowest BCUT2D eigenvalue weighted by molar-refractivity contribution is -0.129. The largest absolute Gasteiger partial charge is 0.379 e. The van der Waals surface area contributed by atoms with Crippen molar-refractivity contribution in [1.29, 1.82) is 0 Å². The summed E-state index contributed by atoms with van der Waals surface area (Å²) in [6, 6.07) is -1.83. The highest BCUT2D eigenvalue weighted by atomic mass is 16.5. The quantitative estimate of drug-likeness (QED) is 0.0909. The number of rotatable bonds is 25. The van der Waals surface area contributed by atoms with Gasteiger partial charge in [-0.2, -0.15) is 0 Å². The standard InChI is InChI=1S/C25H52N6O5/c1-2-35-18-19-36-17-9-13-23(32)22(31-25(34)21(29)11-4-7-15-27)12-5-8-16-30-24(33)20(28)10-3-6-14-26/h20-22H,2-19,26-29H2,1H3,(H,30,33)(H,31,34)/t20-,21-,22-/m1/s1. The lowest BCUT2D eigenvalue weighted by Crippen LogP contribution is -2.48. The van der Waals surface area contributed by atoms with Gasteiger partial charge in [0.1, 0.15) is 0 Å². The van der Waals surface area contributed by atoms with Gasteiger partial charge >= 0.3 is 0 Å². The number of ether oxygens (including phenoxy) is 2. The molecule has 3 atom stereocenters. The predicted molar refractivity (Wildman–Crippen MR) is 142 cm³/mol. The molecule has 0 unspecified atom stereocenters. The number of nitrogens with one attached hydrogen (secondary N) is 2. The van der Waals surface area contributed by atoms with Crippen LogP contribution >= 0.6 is 0 Å². The van der Waals surface area contributed by atoms with E-state index in [0.717, 1.165) is 25.7 Å². The summed E-state index contributed by atoms with van der Waals surface area (Å²) in [5.74, 6) is -0.548. The number of unbranched alkanes of at least 4 members (excludes halogenated alkanes) is 3. The maximum Gasteiger partial charge on any atom is 0.237 e. The van der Waals surface area contributed by atoms with Gasteiger partial charge in [0.2, 0.25) is 11.8 Å². The van der Waals surface area contributed by atoms with E-state index in [1.807, 2.05) is 6.92 Å². The van der Waals surface area contributed by atoms with Gasteiger partial charge in [0, 0.05) is 26.2 Å². The number of carbonyl (C=O) groups is 3. The third-order valence-corrected chi connectivity index (χ3v) is 5.82. The van der Waals surface area contributed by atoms with Crippen LogP contribution in [0.5, 0.6) is 0 Å². The highest BCUT2D eigenvalue weighted by Crippen LogP contribution is 2.08. The average Bonchev–Trinajstić information content (AvgIpc) is 2.86. The van der Waals surface area contributed by atoms with Gasteiger partial charge in [0.15, 0.2) is 5.78 Å². The van der Waals surface area contributed by atoms with Gasteiger partial charge in [-0.25, -0.2) is 0 Å². The van der Waals surface area contributed by atoms with Crippen LogP contribution in [0.4, 0.5) is 0 Å². The van der Waals surface area contributed by atoms with Gasteiger partial charge in [-0.05, 0) is 71.4 Å². The van der Waals surface area contributed by atoms with Crippen molar-refractivity contribution in [2.24, 2.45) is 22.9 Å². The van der Waals surface area contributed by atoms with Gasteiger partial charge in [0.05, 0.1) is 31.3 Å². The Bertz CT molecular complexity index is 581. The van der Waals surface area contributed by atoms with Crippen molar-refractivity contribution >= 4 is 17.6 Å². The Kier molecular flexibility index (Phi) is 22.7. The Labute approximate surface area is 217 Å². The van der Waals surface area contributed by atoms with Crippen molar-refractivity contribution in [3.8, 4) is 0 Å². The molecule has 0 fully saturated rings. The van der Waals surface area contributed by atoms with Crippen LogP contribution in [-0.2, 0) is 23.9 Å². The van der Waals surface area contributed by atoms with Crippen LogP contribution in [0.2, 0.25) is 0 Å². The Morgan fingerprint density at radius 3 is 1.92 bits per heavy atom. The SMILES string of the molecule is CCOCCOCCCC(=O)[C@@H](CCCCNC(=O)[C@H](N)CCCCN)NC(=O)[C@H](N)CCCCN. The summed E-state index contributed by atoms with van der Waals surface area (Å²) in [6.45, 7) is 5.64. The molecule has 0 saturated heterocycles. The van der Waals surface area contributed by atoms with Crippen molar-refractivity contribution in [2.75, 3.05) is 46.1 Å². The molecule has 2 amide bonds. The zero-order valence-corrected chi connectivity index (χ0v) is 22.3. The van der Waals surface area contributed by atoms with Crippen LogP contribution in [0.3, 0.4) is 0 Å². The Hall–Kier alpha value is -1.63. The lowest BCUT2D eigenvalue weighted by Gasteiger charge is -2.20. The second-order valence-electron chi connectivity index (χ2n) is 9.01. The number of nitrogens with two attached hydrogens (primary N) is 4. The third-order valence-electron chi connectivity index (χ3n) is 5.82. The first-order valence-corrected chi connectivity index (χ1v) is 13.5. The van der Waals surface area contributed by atoms with E-state index in [9.17, 15) is 14.4 Å². The molecular formula is C25H52N6O5. The molecule has 0 saturated carbocycles. The summed E-state index contributed by atoms with van der Waals surface area (Å²) < 4.78 is 10.7. The number of carbonyl (C=O) groups excluding carboxylic acids is 3. The minimum absolute atomic E-state index is 0.0446. The Morgan fingerprint density at radius 2 is 1.31 bits per heavy atom. The molecule has 0 rings (SSSR count). The van der Waals surface area contributed by atoms with Crippen LogP contribution in [-0.4, -0.2) is 81.8 Å². The van der Waals surface area contributed by atoms with Crippen molar-refractivity contribution in [1.82, 2.24) is 10.6 Å². The number of Topliss-reactive ketones (excluding diaryl/α,β-unsaturated/α-hetero) is 1. The van der Waals surface area contributed by atoms with Gasteiger partial charge in [0.25, 0.3) is 0 Å². The van der Waals surface area contributed by atoms with Crippen molar-refractivity contribution < 1.29 is 23.9 Å². The molecule has 0 radical (unpaired) electrons. The molecule has 0 aliphatic rings. The molecular weight excluding hydrogens is 464 g/mol. The molecule has 0 aromatic heterocycles. The van der Waals surface area contributed by atoms with Gasteiger partial charge in [-0.15, -0.1) is 0 Å². The monoisotopic (exact) mass is 516 g/mol. The molecule has 11 nitrogen and oxygen atoms in total. The number of amides is 2. The number of hydrogen-bond donors (Lipinski definition) is 6. The maximum atomic E-state index is 12.8. The first-order chi connectivity index (χ1) is 17.4. The van der Waals surface area contributed by atoms with Crippen molar-refractivity contribution in [3.63, 3.8) is 0 Å². The van der Waals surface area contributed by atoms with Crippen molar-refractivity contribution in [3.05, 3.63) is 0 Å². The Balaban J connectivity index is 4.54. The van der Waals surface area contributed by atoms with Crippen molar-refractivity contribution in [2.45, 2.75) is 95.7 Å². The topological polar surface area (TPSA) is 198 Å². The highest BCUT2D eigenvalue weighted by molar-refractivity contribution is 5.90. The van der Waals surface area contributed by atoms with E-state index in [-0.39, 0.29) is 17.6 Å². The minimum atomic E-state index is -0.672. The molecule has 0 aromatic rings. The molecule has 0 spiro atoms.